The predicted octanol–water partition coefficient (Wildman–Crippen LogP) is 10.9. The number of hydrogen-bond donors (Lipinski definition) is 0. The van der Waals surface area contributed by atoms with Crippen molar-refractivity contribution in [2.75, 3.05) is 38.7 Å². The van der Waals surface area contributed by atoms with Crippen LogP contribution >= 0.6 is 0 Å². The summed E-state index contributed by atoms with van der Waals surface area (Å²) in [4.78, 5) is 26.4. The molecule has 0 aliphatic heterocycles. The van der Waals surface area contributed by atoms with Gasteiger partial charge in [-0.15, -0.1) is 0 Å². The molecule has 0 radical (unpaired) electrons. The van der Waals surface area contributed by atoms with Crippen LogP contribution in [0.3, 0.4) is 0 Å². The zero-order chi connectivity index (χ0) is 42.2. The van der Waals surface area contributed by atoms with Crippen LogP contribution in [0.1, 0.15) is 232 Å². The molecule has 0 heterocycles. The Kier molecular flexibility index (Phi) is 47.4. The molecule has 0 atom stereocenters. The zero-order valence-corrected chi connectivity index (χ0v) is 41.4. The molecule has 0 N–H and O–H groups in total. The first kappa shape index (κ1) is 61.3. The van der Waals surface area contributed by atoms with Gasteiger partial charge in [0.1, 0.15) is 0 Å². The smallest absolute Gasteiger partial charge is 0.748 e. The monoisotopic (exact) mass is 877 g/mol. The van der Waals surface area contributed by atoms with Gasteiger partial charge in [0.25, 0.3) is 0 Å². The summed E-state index contributed by atoms with van der Waals surface area (Å²) in [7, 11) is -5.39. The molecule has 0 aromatic heterocycles. The van der Waals surface area contributed by atoms with Gasteiger partial charge in [-0.3, -0.25) is 9.59 Å². The number of rotatable bonds is 40. The average molecular weight is 877 g/mol. The van der Waals surface area contributed by atoms with E-state index in [1.807, 2.05) is 0 Å². The number of nitrogens with zero attached hydrogens (tertiary/aromatic N) is 2. The SMILES string of the molecule is CCCCCCCCCCCCCCCCCCC(=O)N(C)CCS(=O)(=O)[O-].CCCCCCCCCCCCCCCCCCC(=O)N(C)CCS(=O)(=O)[O-].[Ca+2]. The molecule has 0 spiro atoms. The molecular weight excluding hydrogens is 789 g/mol. The standard InChI is InChI=1S/2C22H45NO4S.Ca/c2*1-3-4-5-6-7-8-9-10-11-12-13-14-15-16-17-18-19-22(24)23(2)20-21-28(25,26)27;/h2*3-21H2,1-2H3,(H,25,26,27);/q;;+2/p-2. The maximum Gasteiger partial charge on any atom is 2.00 e. The molecule has 0 fully saturated rings. The number of amides is 2. The molecule has 0 aliphatic rings. The third-order valence-corrected chi connectivity index (χ3v) is 12.1. The van der Waals surface area contributed by atoms with Gasteiger partial charge in [0.15, 0.2) is 0 Å². The van der Waals surface area contributed by atoms with Gasteiger partial charge >= 0.3 is 37.7 Å². The minimum absolute atomic E-state index is 0. The maximum absolute atomic E-state index is 11.8. The van der Waals surface area contributed by atoms with E-state index < -0.39 is 31.7 Å². The molecule has 0 bridgehead atoms. The van der Waals surface area contributed by atoms with Gasteiger partial charge in [-0.25, -0.2) is 16.8 Å². The Bertz CT molecular complexity index is 1020. The largest absolute Gasteiger partial charge is 2.00 e. The van der Waals surface area contributed by atoms with Gasteiger partial charge in [0, 0.05) is 40.0 Å². The van der Waals surface area contributed by atoms with E-state index in [1.54, 1.807) is 14.1 Å². The number of unbranched alkanes of at least 4 members (excludes halogenated alkanes) is 30. The van der Waals surface area contributed by atoms with E-state index in [-0.39, 0.29) is 62.6 Å². The topological polar surface area (TPSA) is 155 Å². The molecule has 10 nitrogen and oxygen atoms in total. The van der Waals surface area contributed by atoms with Crippen molar-refractivity contribution >= 4 is 69.8 Å². The Morgan fingerprint density at radius 1 is 0.368 bits per heavy atom. The summed E-state index contributed by atoms with van der Waals surface area (Å²) in [5.74, 6) is -1.16. The van der Waals surface area contributed by atoms with Crippen LogP contribution < -0.4 is 0 Å². The minimum Gasteiger partial charge on any atom is -0.748 e. The van der Waals surface area contributed by atoms with Gasteiger partial charge in [0.05, 0.1) is 31.7 Å². The fourth-order valence-corrected chi connectivity index (χ4v) is 7.77. The summed E-state index contributed by atoms with van der Waals surface area (Å²) in [6.07, 6.45) is 42.3. The number of carbonyl (C=O) groups excluding carboxylic acids is 2. The van der Waals surface area contributed by atoms with E-state index in [9.17, 15) is 35.5 Å². The zero-order valence-electron chi connectivity index (χ0n) is 37.6. The van der Waals surface area contributed by atoms with Crippen molar-refractivity contribution in [3.8, 4) is 0 Å². The van der Waals surface area contributed by atoms with Crippen LogP contribution in [-0.2, 0) is 29.8 Å². The van der Waals surface area contributed by atoms with Crippen LogP contribution in [-0.4, -0.2) is 124 Å². The van der Waals surface area contributed by atoms with Crippen molar-refractivity contribution in [2.24, 2.45) is 0 Å². The molecule has 13 heteroatoms. The quantitative estimate of drug-likeness (QED) is 0.0335. The molecule has 0 saturated carbocycles. The second-order valence-electron chi connectivity index (χ2n) is 16.3. The van der Waals surface area contributed by atoms with Crippen LogP contribution in [0.4, 0.5) is 0 Å². The Morgan fingerprint density at radius 3 is 0.719 bits per heavy atom. The molecular formula is C44H88CaN2O8S2. The molecule has 2 amide bonds. The first-order valence-corrected chi connectivity index (χ1v) is 26.2. The van der Waals surface area contributed by atoms with Gasteiger partial charge in [-0.05, 0) is 12.8 Å². The van der Waals surface area contributed by atoms with E-state index in [1.165, 1.54) is 177 Å². The molecule has 0 saturated heterocycles. The van der Waals surface area contributed by atoms with Crippen LogP contribution in [0.5, 0.6) is 0 Å². The predicted molar refractivity (Wildman–Crippen MR) is 238 cm³/mol. The van der Waals surface area contributed by atoms with Gasteiger partial charge in [-0.2, -0.15) is 0 Å². The van der Waals surface area contributed by atoms with Crippen LogP contribution in [0.15, 0.2) is 0 Å². The Hall–Kier alpha value is 0.0197. The molecule has 0 unspecified atom stereocenters. The minimum atomic E-state index is -4.25. The summed E-state index contributed by atoms with van der Waals surface area (Å²) in [6.45, 7) is 4.50. The Morgan fingerprint density at radius 2 is 0.544 bits per heavy atom. The fourth-order valence-electron chi connectivity index (χ4n) is 6.78. The summed E-state index contributed by atoms with van der Waals surface area (Å²) in [6, 6.07) is 0. The first-order valence-electron chi connectivity index (χ1n) is 23.1. The summed E-state index contributed by atoms with van der Waals surface area (Å²) in [5, 5.41) is 0. The molecule has 0 aromatic rings. The first-order chi connectivity index (χ1) is 26.7. The maximum atomic E-state index is 11.8. The Balaban J connectivity index is -0.00000101. The molecule has 0 aromatic carbocycles. The normalized spacial score (nSPS) is 11.5. The van der Waals surface area contributed by atoms with Crippen molar-refractivity contribution in [3.05, 3.63) is 0 Å². The average Bonchev–Trinajstić information content (AvgIpc) is 3.15. The van der Waals surface area contributed by atoms with E-state index in [2.05, 4.69) is 13.8 Å². The van der Waals surface area contributed by atoms with Crippen molar-refractivity contribution in [3.63, 3.8) is 0 Å². The second-order valence-corrected chi connectivity index (χ2v) is 19.3. The van der Waals surface area contributed by atoms with Crippen molar-refractivity contribution in [1.29, 1.82) is 0 Å². The van der Waals surface area contributed by atoms with Crippen LogP contribution in [0, 0.1) is 0 Å². The molecule has 0 rings (SSSR count). The van der Waals surface area contributed by atoms with Crippen molar-refractivity contribution in [1.82, 2.24) is 9.80 Å². The van der Waals surface area contributed by atoms with Crippen LogP contribution in [0.25, 0.3) is 0 Å². The molecule has 0 aliphatic carbocycles. The third-order valence-electron chi connectivity index (χ3n) is 10.7. The number of hydrogen-bond acceptors (Lipinski definition) is 8. The van der Waals surface area contributed by atoms with Crippen LogP contribution in [0.2, 0.25) is 0 Å². The molecule has 336 valence electrons. The van der Waals surface area contributed by atoms with Gasteiger partial charge in [0.2, 0.25) is 11.8 Å². The fraction of sp³-hybridized carbons (Fsp3) is 0.955. The van der Waals surface area contributed by atoms with Crippen molar-refractivity contribution in [2.45, 2.75) is 232 Å². The van der Waals surface area contributed by atoms with E-state index >= 15 is 0 Å². The van der Waals surface area contributed by atoms with E-state index in [4.69, 9.17) is 0 Å². The van der Waals surface area contributed by atoms with Gasteiger partial charge < -0.3 is 18.9 Å². The Labute approximate surface area is 383 Å². The number of carbonyl (C=O) groups is 2. The van der Waals surface area contributed by atoms with E-state index in [0.717, 1.165) is 38.5 Å². The van der Waals surface area contributed by atoms with E-state index in [0.29, 0.717) is 12.8 Å². The summed E-state index contributed by atoms with van der Waals surface area (Å²) in [5.41, 5.74) is 0. The second kappa shape index (κ2) is 44.1. The van der Waals surface area contributed by atoms with Crippen molar-refractivity contribution < 1.29 is 35.5 Å². The summed E-state index contributed by atoms with van der Waals surface area (Å²) < 4.78 is 63.5. The molecule has 57 heavy (non-hydrogen) atoms. The third kappa shape index (κ3) is 52.1. The summed E-state index contributed by atoms with van der Waals surface area (Å²) >= 11 is 0. The van der Waals surface area contributed by atoms with Gasteiger partial charge in [-0.1, -0.05) is 206 Å².